The third-order valence-corrected chi connectivity index (χ3v) is 6.13. The van der Waals surface area contributed by atoms with Gasteiger partial charge < -0.3 is 15.0 Å². The molecule has 1 N–H and O–H groups in total. The van der Waals surface area contributed by atoms with Crippen molar-refractivity contribution in [1.29, 1.82) is 0 Å². The average Bonchev–Trinajstić information content (AvgIpc) is 3.44. The highest BCUT2D eigenvalue weighted by Crippen LogP contribution is 2.40. The van der Waals surface area contributed by atoms with Gasteiger partial charge in [0.15, 0.2) is 0 Å². The van der Waals surface area contributed by atoms with Gasteiger partial charge in [0.1, 0.15) is 23.2 Å². The average molecular weight is 418 g/mol. The number of alkyl halides is 3. The molecule has 2 aromatic rings. The summed E-state index contributed by atoms with van der Waals surface area (Å²) in [5, 5.41) is 3.57. The van der Waals surface area contributed by atoms with E-state index in [0.717, 1.165) is 67.2 Å². The van der Waals surface area contributed by atoms with Gasteiger partial charge in [-0.15, -0.1) is 13.2 Å². The molecule has 0 unspecified atom stereocenters. The van der Waals surface area contributed by atoms with E-state index in [9.17, 15) is 13.2 Å². The number of ether oxygens (including phenoxy) is 1. The topological polar surface area (TPSA) is 50.3 Å². The van der Waals surface area contributed by atoms with Crippen molar-refractivity contribution in [3.8, 4) is 5.75 Å². The maximum Gasteiger partial charge on any atom is 0.573 e. The van der Waals surface area contributed by atoms with Gasteiger partial charge in [0, 0.05) is 31.1 Å². The summed E-state index contributed by atoms with van der Waals surface area (Å²) in [6, 6.07) is 7.07. The molecule has 5 rings (SSSR count). The Labute approximate surface area is 173 Å². The number of rotatable bonds is 5. The van der Waals surface area contributed by atoms with Crippen LogP contribution in [-0.2, 0) is 13.0 Å². The van der Waals surface area contributed by atoms with Crippen molar-refractivity contribution in [2.45, 2.75) is 69.8 Å². The van der Waals surface area contributed by atoms with Crippen LogP contribution in [0.3, 0.4) is 0 Å². The Balaban J connectivity index is 1.39. The molecular weight excluding hydrogens is 393 g/mol. The standard InChI is InChI=1S/C22H25F3N4O/c23-22(24,25)30-18-8-7-14-9-10-29(13-16(14)11-18)20-12-19(26-17-3-1-2-4-17)27-21(28-20)15-5-6-15/h7-8,11-12,15,17H,1-6,9-10,13H2,(H,26,27,28). The number of anilines is 2. The lowest BCUT2D eigenvalue weighted by Gasteiger charge is -2.30. The Hall–Kier alpha value is -2.51. The lowest BCUT2D eigenvalue weighted by molar-refractivity contribution is -0.274. The first-order valence-electron chi connectivity index (χ1n) is 10.7. The van der Waals surface area contributed by atoms with Crippen molar-refractivity contribution < 1.29 is 17.9 Å². The summed E-state index contributed by atoms with van der Waals surface area (Å²) in [7, 11) is 0. The van der Waals surface area contributed by atoms with Crippen molar-refractivity contribution >= 4 is 11.6 Å². The van der Waals surface area contributed by atoms with Crippen LogP contribution in [0.1, 0.15) is 61.4 Å². The fourth-order valence-electron chi connectivity index (χ4n) is 4.42. The van der Waals surface area contributed by atoms with Gasteiger partial charge in [0.05, 0.1) is 0 Å². The molecule has 8 heteroatoms. The van der Waals surface area contributed by atoms with Crippen LogP contribution in [0.15, 0.2) is 24.3 Å². The molecule has 3 aliphatic rings. The minimum absolute atomic E-state index is 0.173. The molecule has 0 atom stereocenters. The van der Waals surface area contributed by atoms with E-state index in [2.05, 4.69) is 15.0 Å². The van der Waals surface area contributed by atoms with Crippen LogP contribution >= 0.6 is 0 Å². The van der Waals surface area contributed by atoms with Crippen molar-refractivity contribution in [2.75, 3.05) is 16.8 Å². The van der Waals surface area contributed by atoms with Crippen LogP contribution in [-0.4, -0.2) is 28.9 Å². The third kappa shape index (κ3) is 4.47. The SMILES string of the molecule is FC(F)(F)Oc1ccc2c(c1)CN(c1cc(NC3CCCC3)nc(C3CC3)n1)CC2. The fourth-order valence-corrected chi connectivity index (χ4v) is 4.42. The second-order valence-electron chi connectivity index (χ2n) is 8.52. The van der Waals surface area contributed by atoms with Crippen LogP contribution in [0.2, 0.25) is 0 Å². The lowest BCUT2D eigenvalue weighted by Crippen LogP contribution is -2.31. The van der Waals surface area contributed by atoms with E-state index >= 15 is 0 Å². The smallest absolute Gasteiger partial charge is 0.406 e. The predicted molar refractivity (Wildman–Crippen MR) is 108 cm³/mol. The number of nitrogens with one attached hydrogen (secondary N) is 1. The van der Waals surface area contributed by atoms with Crippen molar-refractivity contribution in [3.05, 3.63) is 41.2 Å². The van der Waals surface area contributed by atoms with E-state index in [1.807, 2.05) is 6.07 Å². The molecule has 0 bridgehead atoms. The highest BCUT2D eigenvalue weighted by Gasteiger charge is 2.32. The van der Waals surface area contributed by atoms with Crippen LogP contribution < -0.4 is 15.0 Å². The molecule has 1 aliphatic heterocycles. The Kier molecular flexibility index (Phi) is 4.95. The van der Waals surface area contributed by atoms with E-state index in [1.54, 1.807) is 6.07 Å². The van der Waals surface area contributed by atoms with Gasteiger partial charge in [0.2, 0.25) is 0 Å². The summed E-state index contributed by atoms with van der Waals surface area (Å²) < 4.78 is 41.9. The van der Waals surface area contributed by atoms with Crippen LogP contribution in [0.5, 0.6) is 5.75 Å². The molecule has 5 nitrogen and oxygen atoms in total. The van der Waals surface area contributed by atoms with Gasteiger partial charge in [-0.2, -0.15) is 0 Å². The molecule has 160 valence electrons. The third-order valence-electron chi connectivity index (χ3n) is 6.13. The van der Waals surface area contributed by atoms with E-state index in [1.165, 1.54) is 25.0 Å². The summed E-state index contributed by atoms with van der Waals surface area (Å²) in [6.45, 7) is 1.28. The molecule has 0 saturated heterocycles. The molecule has 0 amide bonds. The van der Waals surface area contributed by atoms with Gasteiger partial charge in [-0.05, 0) is 55.4 Å². The maximum absolute atomic E-state index is 12.6. The highest BCUT2D eigenvalue weighted by atomic mass is 19.4. The van der Waals surface area contributed by atoms with Crippen LogP contribution in [0.25, 0.3) is 0 Å². The number of halogens is 3. The van der Waals surface area contributed by atoms with Crippen molar-refractivity contribution in [3.63, 3.8) is 0 Å². The zero-order valence-corrected chi connectivity index (χ0v) is 16.7. The Morgan fingerprint density at radius 2 is 1.80 bits per heavy atom. The summed E-state index contributed by atoms with van der Waals surface area (Å²) in [5.74, 6) is 2.85. The minimum Gasteiger partial charge on any atom is -0.406 e. The monoisotopic (exact) mass is 418 g/mol. The molecule has 0 spiro atoms. The van der Waals surface area contributed by atoms with Gasteiger partial charge >= 0.3 is 6.36 Å². The Morgan fingerprint density at radius 1 is 1.00 bits per heavy atom. The zero-order chi connectivity index (χ0) is 20.7. The Morgan fingerprint density at radius 3 is 2.53 bits per heavy atom. The molecule has 2 aliphatic carbocycles. The second-order valence-corrected chi connectivity index (χ2v) is 8.52. The number of benzene rings is 1. The summed E-state index contributed by atoms with van der Waals surface area (Å²) in [5.41, 5.74) is 1.90. The first-order chi connectivity index (χ1) is 14.4. The molecule has 2 fully saturated rings. The number of fused-ring (bicyclic) bond motifs is 1. The predicted octanol–water partition coefficient (Wildman–Crippen LogP) is 5.17. The minimum atomic E-state index is -4.69. The highest BCUT2D eigenvalue weighted by molar-refractivity contribution is 5.53. The molecule has 2 heterocycles. The van der Waals surface area contributed by atoms with Crippen LogP contribution in [0, 0.1) is 0 Å². The summed E-state index contributed by atoms with van der Waals surface area (Å²) in [6.07, 6.45) is 3.13. The van der Waals surface area contributed by atoms with E-state index < -0.39 is 6.36 Å². The van der Waals surface area contributed by atoms with E-state index in [0.29, 0.717) is 18.5 Å². The number of hydrogen-bond acceptors (Lipinski definition) is 5. The molecule has 1 aromatic heterocycles. The quantitative estimate of drug-likeness (QED) is 0.726. The first kappa shape index (κ1) is 19.5. The summed E-state index contributed by atoms with van der Waals surface area (Å²) >= 11 is 0. The first-order valence-corrected chi connectivity index (χ1v) is 10.7. The Bertz CT molecular complexity index is 923. The number of nitrogens with zero attached hydrogens (tertiary/aromatic N) is 3. The molecular formula is C22H25F3N4O. The normalized spacial score (nSPS) is 19.6. The van der Waals surface area contributed by atoms with E-state index in [4.69, 9.17) is 9.97 Å². The number of aromatic nitrogens is 2. The van der Waals surface area contributed by atoms with Gasteiger partial charge in [-0.3, -0.25) is 0 Å². The fraction of sp³-hybridized carbons (Fsp3) is 0.545. The van der Waals surface area contributed by atoms with Gasteiger partial charge in [0.25, 0.3) is 0 Å². The van der Waals surface area contributed by atoms with Crippen molar-refractivity contribution in [1.82, 2.24) is 9.97 Å². The molecule has 30 heavy (non-hydrogen) atoms. The maximum atomic E-state index is 12.6. The van der Waals surface area contributed by atoms with Gasteiger partial charge in [-0.25, -0.2) is 9.97 Å². The molecule has 1 aromatic carbocycles. The second kappa shape index (κ2) is 7.63. The lowest BCUT2D eigenvalue weighted by atomic mass is 9.99. The van der Waals surface area contributed by atoms with Crippen LogP contribution in [0.4, 0.5) is 24.8 Å². The number of hydrogen-bond donors (Lipinski definition) is 1. The summed E-state index contributed by atoms with van der Waals surface area (Å²) in [4.78, 5) is 11.7. The molecule has 0 radical (unpaired) electrons. The molecule has 2 saturated carbocycles. The van der Waals surface area contributed by atoms with E-state index in [-0.39, 0.29) is 5.75 Å². The zero-order valence-electron chi connectivity index (χ0n) is 16.7. The van der Waals surface area contributed by atoms with Crippen molar-refractivity contribution in [2.24, 2.45) is 0 Å². The van der Waals surface area contributed by atoms with Gasteiger partial charge in [-0.1, -0.05) is 18.9 Å². The largest absolute Gasteiger partial charge is 0.573 e.